The van der Waals surface area contributed by atoms with Crippen LogP contribution in [0.25, 0.3) is 4.85 Å². The number of carbonyl (C=O) groups excluding carboxylic acids is 1. The number of fused-ring (bicyclic) bond motifs is 1. The Morgan fingerprint density at radius 1 is 1.06 bits per heavy atom. The lowest BCUT2D eigenvalue weighted by atomic mass is 9.90. The average molecular weight is 476 g/mol. The molecule has 184 valence electrons. The number of likely N-dealkylation sites (tertiary alicyclic amines) is 2. The number of amides is 1. The Kier molecular flexibility index (Phi) is 6.77. The molecule has 2 aromatic carbocycles. The Morgan fingerprint density at radius 2 is 1.83 bits per heavy atom. The Morgan fingerprint density at radius 3 is 2.54 bits per heavy atom. The molecule has 0 aromatic heterocycles. The fourth-order valence-electron chi connectivity index (χ4n) is 5.89. The van der Waals surface area contributed by atoms with Crippen LogP contribution >= 0.6 is 0 Å². The van der Waals surface area contributed by atoms with E-state index < -0.39 is 5.67 Å². The summed E-state index contributed by atoms with van der Waals surface area (Å²) in [5.74, 6) is -0.315. The van der Waals surface area contributed by atoms with Crippen LogP contribution in [0.1, 0.15) is 42.4 Å². The number of anilines is 1. The van der Waals surface area contributed by atoms with Crippen molar-refractivity contribution in [3.63, 3.8) is 0 Å². The molecule has 2 saturated heterocycles. The van der Waals surface area contributed by atoms with Gasteiger partial charge in [-0.15, -0.1) is 0 Å². The van der Waals surface area contributed by atoms with Gasteiger partial charge in [0.25, 0.3) is 5.91 Å². The first-order valence-electron chi connectivity index (χ1n) is 12.7. The van der Waals surface area contributed by atoms with Gasteiger partial charge < -0.3 is 10.6 Å². The zero-order valence-corrected chi connectivity index (χ0v) is 20.3. The summed E-state index contributed by atoms with van der Waals surface area (Å²) in [6, 6.07) is 14.2. The standard InChI is InChI=1S/C28H34FN5O/c1-31-25-6-5-22-7-12-34(20-23(22)18-25)26-8-13-33(14-9-26)27(35)28(29)10-15-32(16-11-28)19-21-3-2-4-24(30)17-21/h2-6,17-18,26H,7-16,19-20,30H2. The minimum Gasteiger partial charge on any atom is -0.399 e. The fraction of sp³-hybridized carbons (Fsp3) is 0.500. The van der Waals surface area contributed by atoms with E-state index >= 15 is 4.39 Å². The van der Waals surface area contributed by atoms with Crippen molar-refractivity contribution < 1.29 is 9.18 Å². The molecule has 0 spiro atoms. The Bertz CT molecular complexity index is 1110. The predicted molar refractivity (Wildman–Crippen MR) is 136 cm³/mol. The minimum atomic E-state index is -1.75. The van der Waals surface area contributed by atoms with Gasteiger partial charge in [-0.3, -0.25) is 14.6 Å². The summed E-state index contributed by atoms with van der Waals surface area (Å²) in [6.07, 6.45) is 3.25. The molecule has 0 aliphatic carbocycles. The molecule has 0 bridgehead atoms. The molecule has 2 fully saturated rings. The van der Waals surface area contributed by atoms with Crippen LogP contribution in [0.15, 0.2) is 42.5 Å². The number of hydrogen-bond acceptors (Lipinski definition) is 4. The van der Waals surface area contributed by atoms with Crippen molar-refractivity contribution in [2.45, 2.75) is 56.9 Å². The highest BCUT2D eigenvalue weighted by molar-refractivity contribution is 5.85. The molecule has 3 heterocycles. The normalized spacial score (nSPS) is 21.3. The summed E-state index contributed by atoms with van der Waals surface area (Å²) in [6.45, 7) is 12.3. The van der Waals surface area contributed by atoms with Crippen molar-refractivity contribution >= 4 is 17.3 Å². The molecule has 35 heavy (non-hydrogen) atoms. The highest BCUT2D eigenvalue weighted by Crippen LogP contribution is 2.32. The lowest BCUT2D eigenvalue weighted by Gasteiger charge is -2.43. The summed E-state index contributed by atoms with van der Waals surface area (Å²) >= 11 is 0. The van der Waals surface area contributed by atoms with E-state index in [1.165, 1.54) is 11.1 Å². The maximum atomic E-state index is 15.7. The molecule has 6 nitrogen and oxygen atoms in total. The van der Waals surface area contributed by atoms with Gasteiger partial charge in [0.2, 0.25) is 0 Å². The van der Waals surface area contributed by atoms with Crippen molar-refractivity contribution in [2.75, 3.05) is 38.5 Å². The SMILES string of the molecule is [C-]#[N+]c1ccc2c(c1)CN(C1CCN(C(=O)C3(F)CCN(Cc4cccc(N)c4)CC3)CC1)CC2. The van der Waals surface area contributed by atoms with E-state index in [9.17, 15) is 4.79 Å². The van der Waals surface area contributed by atoms with Gasteiger partial charge in [0, 0.05) is 70.4 Å². The van der Waals surface area contributed by atoms with Crippen molar-refractivity contribution in [1.29, 1.82) is 0 Å². The third-order valence-electron chi connectivity index (χ3n) is 8.02. The molecule has 7 heteroatoms. The number of halogens is 1. The van der Waals surface area contributed by atoms with E-state index in [4.69, 9.17) is 12.3 Å². The second-order valence-electron chi connectivity index (χ2n) is 10.3. The Labute approximate surface area is 207 Å². The molecule has 2 N–H and O–H groups in total. The summed E-state index contributed by atoms with van der Waals surface area (Å²) in [5.41, 5.74) is 9.26. The first-order chi connectivity index (χ1) is 16.9. The number of benzene rings is 2. The highest BCUT2D eigenvalue weighted by atomic mass is 19.1. The first-order valence-corrected chi connectivity index (χ1v) is 12.7. The quantitative estimate of drug-likeness (QED) is 0.533. The van der Waals surface area contributed by atoms with Crippen molar-refractivity contribution in [3.05, 3.63) is 70.6 Å². The summed E-state index contributed by atoms with van der Waals surface area (Å²) in [5, 5.41) is 0. The number of hydrogen-bond donors (Lipinski definition) is 1. The molecular weight excluding hydrogens is 441 g/mol. The lowest BCUT2D eigenvalue weighted by Crippen LogP contribution is -2.55. The van der Waals surface area contributed by atoms with Gasteiger partial charge in [0.15, 0.2) is 11.4 Å². The number of rotatable bonds is 4. The second kappa shape index (κ2) is 9.96. The zero-order valence-electron chi connectivity index (χ0n) is 20.3. The number of carbonyl (C=O) groups is 1. The maximum Gasteiger partial charge on any atom is 0.260 e. The number of piperidine rings is 2. The van der Waals surface area contributed by atoms with Crippen LogP contribution in [0.2, 0.25) is 0 Å². The molecule has 1 amide bonds. The van der Waals surface area contributed by atoms with Gasteiger partial charge in [0.1, 0.15) is 0 Å². The van der Waals surface area contributed by atoms with Crippen molar-refractivity contribution in [2.24, 2.45) is 0 Å². The van der Waals surface area contributed by atoms with Gasteiger partial charge in [0.05, 0.1) is 6.57 Å². The smallest absolute Gasteiger partial charge is 0.260 e. The molecule has 5 rings (SSSR count). The number of nitrogens with two attached hydrogens (primary N) is 1. The number of alkyl halides is 1. The molecular formula is C28H34FN5O. The molecule has 0 atom stereocenters. The van der Waals surface area contributed by atoms with Crippen LogP contribution in [0.5, 0.6) is 0 Å². The second-order valence-corrected chi connectivity index (χ2v) is 10.3. The van der Waals surface area contributed by atoms with Crippen LogP contribution in [-0.4, -0.2) is 65.0 Å². The van der Waals surface area contributed by atoms with E-state index in [0.717, 1.165) is 50.1 Å². The van der Waals surface area contributed by atoms with E-state index in [2.05, 4.69) is 20.7 Å². The molecule has 0 radical (unpaired) electrons. The molecule has 0 saturated carbocycles. The van der Waals surface area contributed by atoms with E-state index in [0.29, 0.717) is 37.9 Å². The largest absolute Gasteiger partial charge is 0.399 e. The highest BCUT2D eigenvalue weighted by Gasteiger charge is 2.45. The van der Waals surface area contributed by atoms with Gasteiger partial charge in [-0.2, -0.15) is 0 Å². The van der Waals surface area contributed by atoms with Gasteiger partial charge in [-0.1, -0.05) is 30.3 Å². The van der Waals surface area contributed by atoms with Crippen LogP contribution < -0.4 is 5.73 Å². The lowest BCUT2D eigenvalue weighted by molar-refractivity contribution is -0.149. The van der Waals surface area contributed by atoms with Gasteiger partial charge in [-0.25, -0.2) is 9.24 Å². The van der Waals surface area contributed by atoms with Crippen LogP contribution in [0, 0.1) is 6.57 Å². The minimum absolute atomic E-state index is 0.250. The first kappa shape index (κ1) is 23.8. The summed E-state index contributed by atoms with van der Waals surface area (Å²) in [4.78, 5) is 23.2. The number of nitrogen functional groups attached to an aromatic ring is 1. The molecule has 0 unspecified atom stereocenters. The fourth-order valence-corrected chi connectivity index (χ4v) is 5.89. The molecule has 3 aliphatic rings. The molecule has 3 aliphatic heterocycles. The zero-order chi connectivity index (χ0) is 24.4. The topological polar surface area (TPSA) is 57.2 Å². The Balaban J connectivity index is 1.12. The third kappa shape index (κ3) is 5.19. The monoisotopic (exact) mass is 475 g/mol. The third-order valence-corrected chi connectivity index (χ3v) is 8.02. The maximum absolute atomic E-state index is 15.7. The van der Waals surface area contributed by atoms with Gasteiger partial charge >= 0.3 is 0 Å². The summed E-state index contributed by atoms with van der Waals surface area (Å²) < 4.78 is 15.7. The van der Waals surface area contributed by atoms with Crippen LogP contribution in [0.3, 0.4) is 0 Å². The summed E-state index contributed by atoms with van der Waals surface area (Å²) in [7, 11) is 0. The van der Waals surface area contributed by atoms with E-state index in [1.807, 2.05) is 36.4 Å². The molecule has 2 aromatic rings. The number of nitrogens with zero attached hydrogens (tertiary/aromatic N) is 4. The van der Waals surface area contributed by atoms with Gasteiger partial charge in [-0.05, 0) is 48.1 Å². The van der Waals surface area contributed by atoms with E-state index in [1.54, 1.807) is 4.90 Å². The van der Waals surface area contributed by atoms with Crippen LogP contribution in [-0.2, 0) is 24.3 Å². The van der Waals surface area contributed by atoms with Crippen molar-refractivity contribution in [1.82, 2.24) is 14.7 Å². The average Bonchev–Trinajstić information content (AvgIpc) is 2.89. The van der Waals surface area contributed by atoms with E-state index in [-0.39, 0.29) is 18.7 Å². The van der Waals surface area contributed by atoms with Crippen molar-refractivity contribution in [3.8, 4) is 0 Å². The predicted octanol–water partition coefficient (Wildman–Crippen LogP) is 4.17. The Hall–Kier alpha value is -2.95. The van der Waals surface area contributed by atoms with Crippen LogP contribution in [0.4, 0.5) is 15.8 Å².